The molecule has 2 aromatic rings. The number of aliphatic hydroxyl groups is 2. The van der Waals surface area contributed by atoms with Crippen molar-refractivity contribution in [3.63, 3.8) is 0 Å². The molecule has 1 aliphatic heterocycles. The molecule has 11 heteroatoms. The Hall–Kier alpha value is -2.21. The Kier molecular flexibility index (Phi) is 8.15. The summed E-state index contributed by atoms with van der Waals surface area (Å²) in [6, 6.07) is 5.08. The first-order valence-corrected chi connectivity index (χ1v) is 10.8. The molecule has 5 atom stereocenters. The fourth-order valence-electron chi connectivity index (χ4n) is 4.40. The van der Waals surface area contributed by atoms with E-state index in [0.717, 1.165) is 0 Å². The Bertz CT molecular complexity index is 990. The lowest BCUT2D eigenvalue weighted by Crippen LogP contribution is -2.45. The molecule has 35 heavy (non-hydrogen) atoms. The summed E-state index contributed by atoms with van der Waals surface area (Å²) in [6.07, 6.45) is -12.5. The predicted octanol–water partition coefficient (Wildman–Crippen LogP) is 5.61. The topological polar surface area (TPSA) is 58.9 Å². The number of hydrogen-bond acceptors (Lipinski definition) is 4. The van der Waals surface area contributed by atoms with Gasteiger partial charge in [-0.3, -0.25) is 0 Å². The number of aliphatic hydroxyl groups excluding tert-OH is 2. The van der Waals surface area contributed by atoms with Crippen LogP contribution in [0, 0.1) is 24.6 Å². The third kappa shape index (κ3) is 6.14. The van der Waals surface area contributed by atoms with Crippen molar-refractivity contribution in [2.45, 2.75) is 44.5 Å². The Morgan fingerprint density at radius 1 is 0.971 bits per heavy atom. The van der Waals surface area contributed by atoms with E-state index in [1.54, 1.807) is 6.92 Å². The zero-order valence-electron chi connectivity index (χ0n) is 18.8. The molecule has 0 bridgehead atoms. The van der Waals surface area contributed by atoms with Gasteiger partial charge in [-0.1, -0.05) is 6.07 Å². The lowest BCUT2D eigenvalue weighted by molar-refractivity contribution is -0.229. The summed E-state index contributed by atoms with van der Waals surface area (Å²) in [4.78, 5) is 0. The molecule has 1 heterocycles. The average Bonchev–Trinajstić information content (AvgIpc) is 2.77. The van der Waals surface area contributed by atoms with Gasteiger partial charge in [0.25, 0.3) is 0 Å². The maximum absolute atomic E-state index is 13.7. The van der Waals surface area contributed by atoms with Gasteiger partial charge in [-0.25, -0.2) is 4.39 Å². The Morgan fingerprint density at radius 2 is 1.57 bits per heavy atom. The molecule has 0 spiro atoms. The van der Waals surface area contributed by atoms with E-state index in [1.807, 2.05) is 0 Å². The standard InChI is InChI=1S/C24H25F7O4/c1-12-5-18(25)3-4-19(12)21-20(10-33)15(9-32)11-34-22(21)35-13(2)14-6-16(23(26,27)28)8-17(7-14)24(29,30)31/h3-8,13,15,20-22,32-33H,9-11H2,1-2H3/t13-,15+,20?,21+,22-/m1/s1. The van der Waals surface area contributed by atoms with Crippen LogP contribution in [-0.4, -0.2) is 36.3 Å². The third-order valence-electron chi connectivity index (χ3n) is 6.29. The van der Waals surface area contributed by atoms with E-state index in [2.05, 4.69) is 0 Å². The Balaban J connectivity index is 2.00. The summed E-state index contributed by atoms with van der Waals surface area (Å²) in [5.74, 6) is -2.43. The van der Waals surface area contributed by atoms with Crippen LogP contribution in [-0.2, 0) is 21.8 Å². The number of halogens is 7. The van der Waals surface area contributed by atoms with E-state index < -0.39 is 66.1 Å². The lowest BCUT2D eigenvalue weighted by Gasteiger charge is -2.43. The predicted molar refractivity (Wildman–Crippen MR) is 111 cm³/mol. The quantitative estimate of drug-likeness (QED) is 0.497. The normalized spacial score (nSPS) is 24.4. The molecule has 4 nitrogen and oxygen atoms in total. The minimum Gasteiger partial charge on any atom is -0.396 e. The Labute approximate surface area is 197 Å². The van der Waals surface area contributed by atoms with E-state index >= 15 is 0 Å². The van der Waals surface area contributed by atoms with Crippen LogP contribution in [0.1, 0.15) is 46.8 Å². The highest BCUT2D eigenvalue weighted by Gasteiger charge is 2.43. The summed E-state index contributed by atoms with van der Waals surface area (Å²) in [5, 5.41) is 19.8. The number of ether oxygens (including phenoxy) is 2. The second kappa shape index (κ2) is 10.4. The van der Waals surface area contributed by atoms with Gasteiger partial charge in [-0.15, -0.1) is 0 Å². The molecule has 3 rings (SSSR count). The number of alkyl halides is 6. The summed E-state index contributed by atoms with van der Waals surface area (Å²) in [5.41, 5.74) is -2.31. The average molecular weight is 510 g/mol. The van der Waals surface area contributed by atoms with Gasteiger partial charge in [-0.05, 0) is 60.9 Å². The van der Waals surface area contributed by atoms with Crippen LogP contribution in [0.3, 0.4) is 0 Å². The second-order valence-electron chi connectivity index (χ2n) is 8.64. The van der Waals surface area contributed by atoms with Crippen molar-refractivity contribution in [1.29, 1.82) is 0 Å². The van der Waals surface area contributed by atoms with Gasteiger partial charge in [0.1, 0.15) is 5.82 Å². The highest BCUT2D eigenvalue weighted by atomic mass is 19.4. The third-order valence-corrected chi connectivity index (χ3v) is 6.29. The fourth-order valence-corrected chi connectivity index (χ4v) is 4.40. The van der Waals surface area contributed by atoms with E-state index in [1.165, 1.54) is 25.1 Å². The van der Waals surface area contributed by atoms with E-state index in [-0.39, 0.29) is 24.8 Å². The number of benzene rings is 2. The van der Waals surface area contributed by atoms with Gasteiger partial charge >= 0.3 is 12.4 Å². The van der Waals surface area contributed by atoms with Crippen LogP contribution in [0.5, 0.6) is 0 Å². The van der Waals surface area contributed by atoms with Gasteiger partial charge in [0.15, 0.2) is 6.29 Å². The summed E-state index contributed by atoms with van der Waals surface area (Å²) in [6.45, 7) is 2.09. The zero-order chi connectivity index (χ0) is 26.1. The van der Waals surface area contributed by atoms with Crippen LogP contribution in [0.25, 0.3) is 0 Å². The van der Waals surface area contributed by atoms with Gasteiger partial charge in [0, 0.05) is 31.0 Å². The maximum atomic E-state index is 13.7. The first-order chi connectivity index (χ1) is 16.3. The minimum absolute atomic E-state index is 0.0334. The van der Waals surface area contributed by atoms with Crippen LogP contribution in [0.4, 0.5) is 30.7 Å². The molecule has 0 saturated carbocycles. The van der Waals surface area contributed by atoms with Gasteiger partial charge in [-0.2, -0.15) is 26.3 Å². The van der Waals surface area contributed by atoms with Crippen molar-refractivity contribution in [3.8, 4) is 0 Å². The first kappa shape index (κ1) is 27.4. The smallest absolute Gasteiger partial charge is 0.396 e. The minimum atomic E-state index is -5.01. The highest BCUT2D eigenvalue weighted by molar-refractivity contribution is 5.35. The van der Waals surface area contributed by atoms with Crippen molar-refractivity contribution in [3.05, 3.63) is 70.0 Å². The lowest BCUT2D eigenvalue weighted by atomic mass is 9.75. The molecule has 0 aromatic heterocycles. The summed E-state index contributed by atoms with van der Waals surface area (Å²) in [7, 11) is 0. The monoisotopic (exact) mass is 510 g/mol. The second-order valence-corrected chi connectivity index (χ2v) is 8.64. The maximum Gasteiger partial charge on any atom is 0.416 e. The SMILES string of the molecule is Cc1cc(F)ccc1[C@H]1C(CO)[C@@H](CO)CO[C@@H]1O[C@H](C)c1cc(C(F)(F)F)cc(C(F)(F)F)c1. The van der Waals surface area contributed by atoms with Gasteiger partial charge in [0.2, 0.25) is 0 Å². The van der Waals surface area contributed by atoms with Crippen LogP contribution >= 0.6 is 0 Å². The number of rotatable bonds is 6. The number of aryl methyl sites for hydroxylation is 1. The van der Waals surface area contributed by atoms with Gasteiger partial charge < -0.3 is 19.7 Å². The van der Waals surface area contributed by atoms with Crippen molar-refractivity contribution >= 4 is 0 Å². The molecular weight excluding hydrogens is 485 g/mol. The molecule has 194 valence electrons. The van der Waals surface area contributed by atoms with E-state index in [9.17, 15) is 40.9 Å². The van der Waals surface area contributed by atoms with Crippen LogP contribution in [0.15, 0.2) is 36.4 Å². The zero-order valence-corrected chi connectivity index (χ0v) is 18.8. The van der Waals surface area contributed by atoms with Gasteiger partial charge in [0.05, 0.1) is 23.8 Å². The summed E-state index contributed by atoms with van der Waals surface area (Å²) >= 11 is 0. The first-order valence-electron chi connectivity index (χ1n) is 10.8. The molecule has 1 unspecified atom stereocenters. The molecule has 1 fully saturated rings. The van der Waals surface area contributed by atoms with Crippen molar-refractivity contribution < 1.29 is 50.4 Å². The largest absolute Gasteiger partial charge is 0.416 e. The molecule has 0 amide bonds. The van der Waals surface area contributed by atoms with Crippen LogP contribution < -0.4 is 0 Å². The molecule has 1 aliphatic rings. The van der Waals surface area contributed by atoms with Crippen molar-refractivity contribution in [2.75, 3.05) is 19.8 Å². The molecule has 2 aromatic carbocycles. The molecule has 0 aliphatic carbocycles. The molecule has 2 N–H and O–H groups in total. The van der Waals surface area contributed by atoms with E-state index in [4.69, 9.17) is 9.47 Å². The van der Waals surface area contributed by atoms with Crippen LogP contribution in [0.2, 0.25) is 0 Å². The molecule has 0 radical (unpaired) electrons. The van der Waals surface area contributed by atoms with Crippen molar-refractivity contribution in [2.24, 2.45) is 11.8 Å². The Morgan fingerprint density at radius 3 is 2.06 bits per heavy atom. The van der Waals surface area contributed by atoms with Crippen molar-refractivity contribution in [1.82, 2.24) is 0 Å². The fraction of sp³-hybridized carbons (Fsp3) is 0.500. The molecular formula is C24H25F7O4. The molecule has 1 saturated heterocycles. The number of hydrogen-bond donors (Lipinski definition) is 2. The van der Waals surface area contributed by atoms with E-state index in [0.29, 0.717) is 23.3 Å². The summed E-state index contributed by atoms with van der Waals surface area (Å²) < 4.78 is 105. The highest BCUT2D eigenvalue weighted by Crippen LogP contribution is 2.43.